The minimum Gasteiger partial charge on any atom is -0.444 e. The highest BCUT2D eigenvalue weighted by molar-refractivity contribution is 5.81. The van der Waals surface area contributed by atoms with E-state index in [1.165, 1.54) is 5.57 Å². The quantitative estimate of drug-likeness (QED) is 0.671. The first-order valence-electron chi connectivity index (χ1n) is 10.5. The van der Waals surface area contributed by atoms with E-state index in [0.29, 0.717) is 13.2 Å². The van der Waals surface area contributed by atoms with E-state index in [2.05, 4.69) is 33.6 Å². The van der Waals surface area contributed by atoms with Gasteiger partial charge in [0.1, 0.15) is 11.9 Å². The maximum Gasteiger partial charge on any atom is 0.407 e. The molecule has 0 aliphatic carbocycles. The lowest BCUT2D eigenvalue weighted by molar-refractivity contribution is 0.0523. The number of benzene rings is 1. The smallest absolute Gasteiger partial charge is 0.407 e. The predicted molar refractivity (Wildman–Crippen MR) is 120 cm³/mol. The predicted octanol–water partition coefficient (Wildman–Crippen LogP) is 4.53. The number of aromatic nitrogens is 3. The molecule has 2 aromatic heterocycles. The highest BCUT2D eigenvalue weighted by Gasteiger charge is 2.17. The highest BCUT2D eigenvalue weighted by atomic mass is 16.6. The maximum absolute atomic E-state index is 11.9. The Bertz CT molecular complexity index is 1140. The van der Waals surface area contributed by atoms with Gasteiger partial charge in [-0.1, -0.05) is 18.2 Å². The lowest BCUT2D eigenvalue weighted by Crippen LogP contribution is -2.32. The van der Waals surface area contributed by atoms with Crippen LogP contribution in [0.4, 0.5) is 4.79 Å². The molecule has 3 heterocycles. The summed E-state index contributed by atoms with van der Waals surface area (Å²) in [5.74, 6) is 0. The molecule has 0 radical (unpaired) electrons. The molecule has 0 bridgehead atoms. The van der Waals surface area contributed by atoms with E-state index < -0.39 is 11.7 Å². The first kappa shape index (κ1) is 21.1. The van der Waals surface area contributed by atoms with Crippen LogP contribution in [-0.2, 0) is 16.0 Å². The standard InChI is InChI=1S/C24H28N4O3/c1-16-11-18(5-6-19(16)13-25-23(29)31-24(2,3)4)22-21-12-20(14-28(21)27-15-26-22)17-7-9-30-10-8-17/h5-7,11-12,14-15H,8-10,13H2,1-4H3,(H,25,29). The second-order valence-electron chi connectivity index (χ2n) is 8.72. The number of carbonyl (C=O) groups excluding carboxylic acids is 1. The van der Waals surface area contributed by atoms with Crippen LogP contribution in [0.3, 0.4) is 0 Å². The van der Waals surface area contributed by atoms with Crippen molar-refractivity contribution < 1.29 is 14.3 Å². The van der Waals surface area contributed by atoms with Crippen LogP contribution < -0.4 is 5.32 Å². The minimum atomic E-state index is -0.516. The Morgan fingerprint density at radius 1 is 1.26 bits per heavy atom. The third-order valence-corrected chi connectivity index (χ3v) is 5.18. The molecule has 4 rings (SSSR count). The topological polar surface area (TPSA) is 77.8 Å². The van der Waals surface area contributed by atoms with Gasteiger partial charge >= 0.3 is 6.09 Å². The Morgan fingerprint density at radius 2 is 2.10 bits per heavy atom. The molecule has 7 heteroatoms. The van der Waals surface area contributed by atoms with Gasteiger partial charge in [0.25, 0.3) is 0 Å². The summed E-state index contributed by atoms with van der Waals surface area (Å²) in [7, 11) is 0. The number of fused-ring (bicyclic) bond motifs is 1. The number of nitrogens with one attached hydrogen (secondary N) is 1. The van der Waals surface area contributed by atoms with Gasteiger partial charge in [-0.3, -0.25) is 0 Å². The molecule has 1 amide bonds. The normalized spacial score (nSPS) is 14.4. The molecule has 31 heavy (non-hydrogen) atoms. The number of amides is 1. The van der Waals surface area contributed by atoms with Crippen LogP contribution >= 0.6 is 0 Å². The number of hydrogen-bond donors (Lipinski definition) is 1. The fourth-order valence-electron chi connectivity index (χ4n) is 3.64. The van der Waals surface area contributed by atoms with E-state index >= 15 is 0 Å². The lowest BCUT2D eigenvalue weighted by Gasteiger charge is -2.20. The van der Waals surface area contributed by atoms with E-state index in [1.807, 2.05) is 50.5 Å². The molecule has 162 valence electrons. The van der Waals surface area contributed by atoms with Gasteiger partial charge in [0, 0.05) is 18.3 Å². The van der Waals surface area contributed by atoms with Crippen molar-refractivity contribution in [1.82, 2.24) is 19.9 Å². The van der Waals surface area contributed by atoms with Crippen molar-refractivity contribution in [2.24, 2.45) is 0 Å². The Labute approximate surface area is 182 Å². The largest absolute Gasteiger partial charge is 0.444 e. The first-order valence-corrected chi connectivity index (χ1v) is 10.5. The van der Waals surface area contributed by atoms with Crippen molar-refractivity contribution in [3.8, 4) is 11.3 Å². The number of alkyl carbamates (subject to hydrolysis) is 1. The fourth-order valence-corrected chi connectivity index (χ4v) is 3.64. The van der Waals surface area contributed by atoms with Crippen LogP contribution in [0.1, 0.15) is 43.9 Å². The number of ether oxygens (including phenoxy) is 2. The van der Waals surface area contributed by atoms with E-state index in [0.717, 1.165) is 46.5 Å². The molecule has 1 aliphatic heterocycles. The summed E-state index contributed by atoms with van der Waals surface area (Å²) in [5, 5.41) is 7.20. The summed E-state index contributed by atoms with van der Waals surface area (Å²) in [6.07, 6.45) is 6.23. The van der Waals surface area contributed by atoms with Crippen LogP contribution in [0, 0.1) is 6.92 Å². The summed E-state index contributed by atoms with van der Waals surface area (Å²) in [6, 6.07) is 8.28. The summed E-state index contributed by atoms with van der Waals surface area (Å²) >= 11 is 0. The number of aryl methyl sites for hydroxylation is 1. The molecule has 1 aromatic carbocycles. The Morgan fingerprint density at radius 3 is 2.81 bits per heavy atom. The van der Waals surface area contributed by atoms with E-state index in [4.69, 9.17) is 9.47 Å². The lowest BCUT2D eigenvalue weighted by atomic mass is 10.0. The average molecular weight is 421 g/mol. The van der Waals surface area contributed by atoms with Gasteiger partial charge < -0.3 is 14.8 Å². The molecule has 7 nitrogen and oxygen atoms in total. The van der Waals surface area contributed by atoms with Gasteiger partial charge in [-0.15, -0.1) is 0 Å². The zero-order chi connectivity index (χ0) is 22.0. The molecule has 1 N–H and O–H groups in total. The van der Waals surface area contributed by atoms with Crippen molar-refractivity contribution >= 4 is 17.2 Å². The third kappa shape index (κ3) is 4.94. The van der Waals surface area contributed by atoms with Crippen LogP contribution in [0.2, 0.25) is 0 Å². The summed E-state index contributed by atoms with van der Waals surface area (Å²) < 4.78 is 12.6. The average Bonchev–Trinajstić information content (AvgIpc) is 3.17. The van der Waals surface area contributed by atoms with Crippen LogP contribution in [0.15, 0.2) is 42.9 Å². The number of carbonyl (C=O) groups is 1. The molecule has 0 fully saturated rings. The van der Waals surface area contributed by atoms with Crippen LogP contribution in [0.25, 0.3) is 22.3 Å². The fraction of sp³-hybridized carbons (Fsp3) is 0.375. The molecule has 0 unspecified atom stereocenters. The van der Waals surface area contributed by atoms with Crippen LogP contribution in [-0.4, -0.2) is 39.5 Å². The monoisotopic (exact) mass is 420 g/mol. The number of hydrogen-bond acceptors (Lipinski definition) is 5. The van der Waals surface area contributed by atoms with Gasteiger partial charge in [0.15, 0.2) is 0 Å². The van der Waals surface area contributed by atoms with Crippen molar-refractivity contribution in [2.75, 3.05) is 13.2 Å². The Balaban J connectivity index is 1.57. The van der Waals surface area contributed by atoms with Crippen molar-refractivity contribution in [3.05, 3.63) is 59.6 Å². The van der Waals surface area contributed by atoms with Gasteiger partial charge in [-0.25, -0.2) is 14.3 Å². The summed E-state index contributed by atoms with van der Waals surface area (Å²) in [4.78, 5) is 16.5. The van der Waals surface area contributed by atoms with Crippen molar-refractivity contribution in [1.29, 1.82) is 0 Å². The summed E-state index contributed by atoms with van der Waals surface area (Å²) in [6.45, 7) is 9.38. The van der Waals surface area contributed by atoms with Crippen LogP contribution in [0.5, 0.6) is 0 Å². The zero-order valence-electron chi connectivity index (χ0n) is 18.4. The minimum absolute atomic E-state index is 0.408. The van der Waals surface area contributed by atoms with E-state index in [1.54, 1.807) is 6.33 Å². The van der Waals surface area contributed by atoms with Crippen molar-refractivity contribution in [2.45, 2.75) is 46.3 Å². The number of rotatable bonds is 4. The molecular formula is C24H28N4O3. The SMILES string of the molecule is Cc1cc(-c2ncnn3cc(C4=CCOCC4)cc23)ccc1CNC(=O)OC(C)(C)C. The highest BCUT2D eigenvalue weighted by Crippen LogP contribution is 2.29. The van der Waals surface area contributed by atoms with Gasteiger partial charge in [-0.2, -0.15) is 5.10 Å². The van der Waals surface area contributed by atoms with Gasteiger partial charge in [0.05, 0.1) is 24.4 Å². The van der Waals surface area contributed by atoms with Crippen molar-refractivity contribution in [3.63, 3.8) is 0 Å². The second-order valence-corrected chi connectivity index (χ2v) is 8.72. The van der Waals surface area contributed by atoms with E-state index in [-0.39, 0.29) is 0 Å². The zero-order valence-corrected chi connectivity index (χ0v) is 18.4. The molecule has 1 aliphatic rings. The molecular weight excluding hydrogens is 392 g/mol. The Kier molecular flexibility index (Phi) is 5.78. The first-order chi connectivity index (χ1) is 14.8. The molecule has 0 saturated heterocycles. The molecule has 0 atom stereocenters. The molecule has 0 spiro atoms. The third-order valence-electron chi connectivity index (χ3n) is 5.18. The van der Waals surface area contributed by atoms with E-state index in [9.17, 15) is 4.79 Å². The maximum atomic E-state index is 11.9. The Hall–Kier alpha value is -3.19. The molecule has 3 aromatic rings. The second kappa shape index (κ2) is 8.51. The molecule has 0 saturated carbocycles. The number of nitrogens with zero attached hydrogens (tertiary/aromatic N) is 3. The van der Waals surface area contributed by atoms with Gasteiger partial charge in [-0.05, 0) is 68.5 Å². The summed E-state index contributed by atoms with van der Waals surface area (Å²) in [5.41, 5.74) is 6.87. The van der Waals surface area contributed by atoms with Gasteiger partial charge in [0.2, 0.25) is 0 Å².